The molecule has 0 atom stereocenters. The third kappa shape index (κ3) is 5.94. The van der Waals surface area contributed by atoms with Gasteiger partial charge in [0.2, 0.25) is 0 Å². The van der Waals surface area contributed by atoms with E-state index in [9.17, 15) is 4.79 Å². The van der Waals surface area contributed by atoms with Crippen LogP contribution in [0.25, 0.3) is 0 Å². The zero-order valence-corrected chi connectivity index (χ0v) is 13.8. The van der Waals surface area contributed by atoms with Gasteiger partial charge in [0.25, 0.3) is 5.24 Å². The van der Waals surface area contributed by atoms with Gasteiger partial charge in [-0.2, -0.15) is 0 Å². The molecule has 0 aliphatic carbocycles. The summed E-state index contributed by atoms with van der Waals surface area (Å²) in [5, 5.41) is -0.496. The number of carbonyl (C=O) groups excluding carboxylic acids is 1. The molecule has 1 rings (SSSR count). The van der Waals surface area contributed by atoms with Crippen molar-refractivity contribution in [3.8, 4) is 11.5 Å². The van der Waals surface area contributed by atoms with Crippen molar-refractivity contribution in [3.63, 3.8) is 0 Å². The molecule has 0 spiro atoms. The van der Waals surface area contributed by atoms with E-state index in [1.807, 2.05) is 6.92 Å². The first kappa shape index (κ1) is 17.8. The van der Waals surface area contributed by atoms with Crippen LogP contribution in [0.15, 0.2) is 18.2 Å². The number of rotatable bonds is 10. The number of halogens is 1. The standard InChI is InChI=1S/C16H24ClNO3/c1-4-18(5-2)10-7-11-21-14-9-8-13(16(17)19)12-15(14)20-6-3/h8-9,12H,4-7,10-11H2,1-3H3. The summed E-state index contributed by atoms with van der Waals surface area (Å²) in [6, 6.07) is 5.01. The van der Waals surface area contributed by atoms with Gasteiger partial charge in [0.15, 0.2) is 11.5 Å². The lowest BCUT2D eigenvalue weighted by Gasteiger charge is -2.18. The minimum Gasteiger partial charge on any atom is -0.490 e. The highest BCUT2D eigenvalue weighted by molar-refractivity contribution is 6.67. The van der Waals surface area contributed by atoms with Crippen LogP contribution in [0.3, 0.4) is 0 Å². The van der Waals surface area contributed by atoms with Crippen LogP contribution in [-0.2, 0) is 0 Å². The first-order chi connectivity index (χ1) is 10.1. The van der Waals surface area contributed by atoms with Crippen molar-refractivity contribution in [1.82, 2.24) is 4.90 Å². The van der Waals surface area contributed by atoms with E-state index < -0.39 is 5.24 Å². The largest absolute Gasteiger partial charge is 0.490 e. The molecule has 4 nitrogen and oxygen atoms in total. The molecule has 1 aromatic rings. The summed E-state index contributed by atoms with van der Waals surface area (Å²) in [7, 11) is 0. The Balaban J connectivity index is 2.59. The van der Waals surface area contributed by atoms with Crippen LogP contribution >= 0.6 is 11.6 Å². The quantitative estimate of drug-likeness (QED) is 0.489. The van der Waals surface area contributed by atoms with Crippen LogP contribution in [0.5, 0.6) is 11.5 Å². The number of benzene rings is 1. The topological polar surface area (TPSA) is 38.8 Å². The van der Waals surface area contributed by atoms with E-state index in [-0.39, 0.29) is 0 Å². The Morgan fingerprint density at radius 2 is 1.86 bits per heavy atom. The molecule has 0 N–H and O–H groups in total. The van der Waals surface area contributed by atoms with Gasteiger partial charge >= 0.3 is 0 Å². The minimum absolute atomic E-state index is 0.413. The summed E-state index contributed by atoms with van der Waals surface area (Å²) in [4.78, 5) is 13.5. The molecule has 0 saturated carbocycles. The molecular weight excluding hydrogens is 290 g/mol. The van der Waals surface area contributed by atoms with Crippen molar-refractivity contribution < 1.29 is 14.3 Å². The number of hydrogen-bond donors (Lipinski definition) is 0. The van der Waals surface area contributed by atoms with Gasteiger partial charge in [-0.3, -0.25) is 4.79 Å². The average molecular weight is 314 g/mol. The number of carbonyl (C=O) groups is 1. The van der Waals surface area contributed by atoms with Crippen LogP contribution in [0.2, 0.25) is 0 Å². The highest BCUT2D eigenvalue weighted by atomic mass is 35.5. The van der Waals surface area contributed by atoms with Crippen molar-refractivity contribution in [2.24, 2.45) is 0 Å². The minimum atomic E-state index is -0.496. The maximum Gasteiger partial charge on any atom is 0.252 e. The summed E-state index contributed by atoms with van der Waals surface area (Å²) in [6.07, 6.45) is 0.948. The Hall–Kier alpha value is -1.26. The van der Waals surface area contributed by atoms with Gasteiger partial charge in [-0.15, -0.1) is 0 Å². The second kappa shape index (κ2) is 9.64. The Morgan fingerprint density at radius 1 is 1.14 bits per heavy atom. The van der Waals surface area contributed by atoms with E-state index in [0.29, 0.717) is 30.3 Å². The Bertz CT molecular complexity index is 447. The van der Waals surface area contributed by atoms with E-state index in [1.165, 1.54) is 0 Å². The van der Waals surface area contributed by atoms with Gasteiger partial charge in [0.1, 0.15) is 0 Å². The molecule has 0 bridgehead atoms. The van der Waals surface area contributed by atoms with Crippen molar-refractivity contribution in [3.05, 3.63) is 23.8 Å². The Morgan fingerprint density at radius 3 is 2.43 bits per heavy atom. The summed E-state index contributed by atoms with van der Waals surface area (Å²) >= 11 is 5.48. The second-order valence-corrected chi connectivity index (χ2v) is 4.94. The summed E-state index contributed by atoms with van der Waals surface area (Å²) in [5.74, 6) is 1.21. The van der Waals surface area contributed by atoms with Crippen molar-refractivity contribution in [2.75, 3.05) is 32.8 Å². The fourth-order valence-corrected chi connectivity index (χ4v) is 2.15. The van der Waals surface area contributed by atoms with Crippen molar-refractivity contribution in [2.45, 2.75) is 27.2 Å². The SMILES string of the molecule is CCOc1cc(C(=O)Cl)ccc1OCCCN(CC)CC. The third-order valence-corrected chi connectivity index (χ3v) is 3.46. The number of ether oxygens (including phenoxy) is 2. The van der Waals surface area contributed by atoms with Crippen LogP contribution in [0.1, 0.15) is 37.6 Å². The average Bonchev–Trinajstić information content (AvgIpc) is 2.48. The van der Waals surface area contributed by atoms with Gasteiger partial charge < -0.3 is 14.4 Å². The molecule has 0 radical (unpaired) electrons. The van der Waals surface area contributed by atoms with Gasteiger partial charge in [-0.1, -0.05) is 13.8 Å². The monoisotopic (exact) mass is 313 g/mol. The Labute approximate surface area is 132 Å². The smallest absolute Gasteiger partial charge is 0.252 e. The van der Waals surface area contributed by atoms with Crippen LogP contribution < -0.4 is 9.47 Å². The fourth-order valence-electron chi connectivity index (χ4n) is 2.03. The lowest BCUT2D eigenvalue weighted by atomic mass is 10.2. The van der Waals surface area contributed by atoms with Gasteiger partial charge in [0.05, 0.1) is 13.2 Å². The van der Waals surface area contributed by atoms with Crippen molar-refractivity contribution >= 4 is 16.8 Å². The molecule has 5 heteroatoms. The predicted molar refractivity (Wildman–Crippen MR) is 85.7 cm³/mol. The lowest BCUT2D eigenvalue weighted by Crippen LogP contribution is -2.25. The van der Waals surface area contributed by atoms with E-state index in [1.54, 1.807) is 18.2 Å². The second-order valence-electron chi connectivity index (χ2n) is 4.60. The molecule has 0 aromatic heterocycles. The maximum absolute atomic E-state index is 11.2. The van der Waals surface area contributed by atoms with E-state index in [2.05, 4.69) is 18.7 Å². The predicted octanol–water partition coefficient (Wildman–Crippen LogP) is 3.58. The van der Waals surface area contributed by atoms with Crippen LogP contribution in [-0.4, -0.2) is 43.0 Å². The number of hydrogen-bond acceptors (Lipinski definition) is 4. The molecule has 0 saturated heterocycles. The summed E-state index contributed by atoms with van der Waals surface area (Å²) < 4.78 is 11.3. The molecular formula is C16H24ClNO3. The Kier molecular flexibility index (Phi) is 8.16. The number of nitrogens with zero attached hydrogens (tertiary/aromatic N) is 1. The summed E-state index contributed by atoms with van der Waals surface area (Å²) in [6.45, 7) is 10.4. The third-order valence-electron chi connectivity index (χ3n) is 3.24. The molecule has 0 fully saturated rings. The van der Waals surface area contributed by atoms with Gasteiger partial charge in [-0.25, -0.2) is 0 Å². The fraction of sp³-hybridized carbons (Fsp3) is 0.562. The molecule has 1 aromatic carbocycles. The van der Waals surface area contributed by atoms with Crippen LogP contribution in [0, 0.1) is 0 Å². The molecule has 118 valence electrons. The summed E-state index contributed by atoms with van der Waals surface area (Å²) in [5.41, 5.74) is 0.413. The zero-order chi connectivity index (χ0) is 15.7. The van der Waals surface area contributed by atoms with E-state index in [4.69, 9.17) is 21.1 Å². The molecule has 0 unspecified atom stereocenters. The molecule has 0 amide bonds. The highest BCUT2D eigenvalue weighted by Gasteiger charge is 2.10. The molecule has 21 heavy (non-hydrogen) atoms. The first-order valence-corrected chi connectivity index (χ1v) is 7.81. The van der Waals surface area contributed by atoms with Gasteiger partial charge in [-0.05, 0) is 56.2 Å². The maximum atomic E-state index is 11.2. The normalized spacial score (nSPS) is 10.7. The highest BCUT2D eigenvalue weighted by Crippen LogP contribution is 2.29. The first-order valence-electron chi connectivity index (χ1n) is 7.44. The molecule has 0 aliphatic rings. The zero-order valence-electron chi connectivity index (χ0n) is 13.0. The molecule has 0 aliphatic heterocycles. The lowest BCUT2D eigenvalue weighted by molar-refractivity contribution is 0.108. The van der Waals surface area contributed by atoms with E-state index >= 15 is 0 Å². The van der Waals surface area contributed by atoms with Crippen LogP contribution in [0.4, 0.5) is 0 Å². The molecule has 0 heterocycles. The van der Waals surface area contributed by atoms with E-state index in [0.717, 1.165) is 26.1 Å². The van der Waals surface area contributed by atoms with Crippen molar-refractivity contribution in [1.29, 1.82) is 0 Å². The van der Waals surface area contributed by atoms with Gasteiger partial charge in [0, 0.05) is 12.1 Å².